The number of rotatable bonds is 3. The normalized spacial score (nSPS) is 13.6. The minimum Gasteiger partial charge on any atom is -0.468 e. The second-order valence-electron chi connectivity index (χ2n) is 6.26. The van der Waals surface area contributed by atoms with E-state index in [0.29, 0.717) is 11.3 Å². The molecule has 0 saturated carbocycles. The van der Waals surface area contributed by atoms with E-state index in [-0.39, 0.29) is 18.0 Å². The molecule has 0 atom stereocenters. The van der Waals surface area contributed by atoms with Crippen LogP contribution in [0.2, 0.25) is 0 Å². The number of fused-ring (bicyclic) bond motifs is 1. The standard InChI is InChI=1S/C16H19N3O5/c1-16(2,3)19-13(21)10-6-5-9(7-11(10)14(19)22)18-15(23)17-8-12(20)24-4/h5-7H,8H2,1-4H3,(H2,17,18,23). The molecule has 2 N–H and O–H groups in total. The highest BCUT2D eigenvalue weighted by Gasteiger charge is 2.41. The number of hydrogen-bond acceptors (Lipinski definition) is 5. The van der Waals surface area contributed by atoms with Gasteiger partial charge in [-0.3, -0.25) is 19.3 Å². The van der Waals surface area contributed by atoms with Gasteiger partial charge in [-0.05, 0) is 39.0 Å². The fraction of sp³-hybridized carbons (Fsp3) is 0.375. The zero-order chi connectivity index (χ0) is 18.1. The van der Waals surface area contributed by atoms with Crippen molar-refractivity contribution in [3.05, 3.63) is 29.3 Å². The van der Waals surface area contributed by atoms with Crippen LogP contribution in [0.25, 0.3) is 0 Å². The van der Waals surface area contributed by atoms with Gasteiger partial charge < -0.3 is 15.4 Å². The molecule has 0 aromatic heterocycles. The number of imide groups is 1. The predicted molar refractivity (Wildman–Crippen MR) is 85.7 cm³/mol. The second kappa shape index (κ2) is 6.31. The van der Waals surface area contributed by atoms with E-state index in [1.54, 1.807) is 20.8 Å². The summed E-state index contributed by atoms with van der Waals surface area (Å²) in [6, 6.07) is 3.84. The van der Waals surface area contributed by atoms with Crippen LogP contribution in [-0.4, -0.2) is 47.9 Å². The molecule has 1 heterocycles. The fourth-order valence-corrected chi connectivity index (χ4v) is 2.33. The Morgan fingerprint density at radius 2 is 1.75 bits per heavy atom. The number of anilines is 1. The van der Waals surface area contributed by atoms with E-state index < -0.39 is 23.4 Å². The third-order valence-electron chi connectivity index (χ3n) is 3.44. The number of urea groups is 1. The molecule has 4 amide bonds. The Balaban J connectivity index is 2.15. The summed E-state index contributed by atoms with van der Waals surface area (Å²) in [6.45, 7) is 5.04. The Bertz CT molecular complexity index is 721. The molecule has 2 rings (SSSR count). The maximum Gasteiger partial charge on any atom is 0.325 e. The van der Waals surface area contributed by atoms with Crippen LogP contribution in [0.4, 0.5) is 10.5 Å². The molecule has 0 unspecified atom stereocenters. The second-order valence-corrected chi connectivity index (χ2v) is 6.26. The molecule has 1 aliphatic rings. The third-order valence-corrected chi connectivity index (χ3v) is 3.44. The Morgan fingerprint density at radius 1 is 1.12 bits per heavy atom. The van der Waals surface area contributed by atoms with Gasteiger partial charge in [0.25, 0.3) is 11.8 Å². The van der Waals surface area contributed by atoms with Crippen LogP contribution in [0.3, 0.4) is 0 Å². The van der Waals surface area contributed by atoms with E-state index in [9.17, 15) is 19.2 Å². The van der Waals surface area contributed by atoms with Crippen LogP contribution in [-0.2, 0) is 9.53 Å². The monoisotopic (exact) mass is 333 g/mol. The molecule has 24 heavy (non-hydrogen) atoms. The molecular formula is C16H19N3O5. The molecule has 1 aromatic rings. The number of methoxy groups -OCH3 is 1. The van der Waals surface area contributed by atoms with E-state index in [0.717, 1.165) is 0 Å². The topological polar surface area (TPSA) is 105 Å². The minimum atomic E-state index is -0.640. The minimum absolute atomic E-state index is 0.237. The number of ether oxygens (including phenoxy) is 1. The number of carbonyl (C=O) groups is 4. The van der Waals surface area contributed by atoms with Crippen molar-refractivity contribution in [2.45, 2.75) is 26.3 Å². The highest BCUT2D eigenvalue weighted by molar-refractivity contribution is 6.22. The summed E-state index contributed by atoms with van der Waals surface area (Å²) in [7, 11) is 1.21. The zero-order valence-corrected chi connectivity index (χ0v) is 13.9. The van der Waals surface area contributed by atoms with E-state index in [1.807, 2.05) is 0 Å². The largest absolute Gasteiger partial charge is 0.468 e. The lowest BCUT2D eigenvalue weighted by molar-refractivity contribution is -0.139. The lowest BCUT2D eigenvalue weighted by Crippen LogP contribution is -2.45. The molecule has 0 bridgehead atoms. The van der Waals surface area contributed by atoms with Gasteiger partial charge in [0.15, 0.2) is 0 Å². The highest BCUT2D eigenvalue weighted by Crippen LogP contribution is 2.30. The van der Waals surface area contributed by atoms with Gasteiger partial charge in [0.05, 0.1) is 18.2 Å². The summed E-state index contributed by atoms with van der Waals surface area (Å²) >= 11 is 0. The van der Waals surface area contributed by atoms with Crippen LogP contribution < -0.4 is 10.6 Å². The summed E-state index contributed by atoms with van der Waals surface area (Å²) in [5.74, 6) is -1.34. The average Bonchev–Trinajstić information content (AvgIpc) is 2.75. The molecule has 0 saturated heterocycles. The fourth-order valence-electron chi connectivity index (χ4n) is 2.33. The van der Waals surface area contributed by atoms with E-state index >= 15 is 0 Å². The Hall–Kier alpha value is -2.90. The van der Waals surface area contributed by atoms with Gasteiger partial charge in [0.2, 0.25) is 0 Å². The Morgan fingerprint density at radius 3 is 2.33 bits per heavy atom. The summed E-state index contributed by atoms with van der Waals surface area (Å²) in [4.78, 5) is 48.7. The zero-order valence-electron chi connectivity index (χ0n) is 13.9. The molecule has 8 nitrogen and oxygen atoms in total. The van der Waals surface area contributed by atoms with Gasteiger partial charge in [0, 0.05) is 11.2 Å². The molecule has 1 aromatic carbocycles. The summed E-state index contributed by atoms with van der Waals surface area (Å²) in [5, 5.41) is 4.82. The molecule has 8 heteroatoms. The first-order valence-electron chi connectivity index (χ1n) is 7.29. The molecule has 1 aliphatic heterocycles. The van der Waals surface area contributed by atoms with Gasteiger partial charge in [-0.25, -0.2) is 4.79 Å². The lowest BCUT2D eigenvalue weighted by atomic mass is 10.1. The number of esters is 1. The van der Waals surface area contributed by atoms with Crippen LogP contribution in [0, 0.1) is 0 Å². The molecule has 128 valence electrons. The van der Waals surface area contributed by atoms with Crippen LogP contribution >= 0.6 is 0 Å². The van der Waals surface area contributed by atoms with Crippen molar-refractivity contribution in [3.63, 3.8) is 0 Å². The highest BCUT2D eigenvalue weighted by atomic mass is 16.5. The van der Waals surface area contributed by atoms with E-state index in [1.165, 1.54) is 30.2 Å². The first-order chi connectivity index (χ1) is 11.1. The maximum absolute atomic E-state index is 12.5. The van der Waals surface area contributed by atoms with Crippen LogP contribution in [0.5, 0.6) is 0 Å². The van der Waals surface area contributed by atoms with Crippen LogP contribution in [0.15, 0.2) is 18.2 Å². The molecular weight excluding hydrogens is 314 g/mol. The predicted octanol–water partition coefficient (Wildman–Crippen LogP) is 1.38. The smallest absolute Gasteiger partial charge is 0.325 e. The van der Waals surface area contributed by atoms with E-state index in [4.69, 9.17) is 0 Å². The van der Waals surface area contributed by atoms with Gasteiger partial charge in [-0.1, -0.05) is 0 Å². The summed E-state index contributed by atoms with van der Waals surface area (Å²) in [5.41, 5.74) is 0.239. The Kier molecular flexibility index (Phi) is 4.59. The van der Waals surface area contributed by atoms with Crippen molar-refractivity contribution in [1.82, 2.24) is 10.2 Å². The van der Waals surface area contributed by atoms with Crippen molar-refractivity contribution in [1.29, 1.82) is 0 Å². The van der Waals surface area contributed by atoms with Gasteiger partial charge in [-0.2, -0.15) is 0 Å². The summed E-state index contributed by atoms with van der Waals surface area (Å²) in [6.07, 6.45) is 0. The van der Waals surface area contributed by atoms with Crippen molar-refractivity contribution in [2.75, 3.05) is 19.0 Å². The quantitative estimate of drug-likeness (QED) is 0.642. The Labute approximate surface area is 139 Å². The molecule has 0 spiro atoms. The summed E-state index contributed by atoms with van der Waals surface area (Å²) < 4.78 is 4.41. The SMILES string of the molecule is COC(=O)CNC(=O)Nc1ccc2c(c1)C(=O)N(C(C)(C)C)C2=O. The number of amides is 4. The van der Waals surface area contributed by atoms with Gasteiger partial charge in [0.1, 0.15) is 6.54 Å². The number of nitrogens with zero attached hydrogens (tertiary/aromatic N) is 1. The average molecular weight is 333 g/mol. The first-order valence-corrected chi connectivity index (χ1v) is 7.29. The van der Waals surface area contributed by atoms with Crippen molar-refractivity contribution in [2.24, 2.45) is 0 Å². The van der Waals surface area contributed by atoms with Crippen LogP contribution in [0.1, 0.15) is 41.5 Å². The van der Waals surface area contributed by atoms with Crippen molar-refractivity contribution < 1.29 is 23.9 Å². The number of benzene rings is 1. The lowest BCUT2D eigenvalue weighted by Gasteiger charge is -2.29. The van der Waals surface area contributed by atoms with E-state index in [2.05, 4.69) is 15.4 Å². The number of hydrogen-bond donors (Lipinski definition) is 2. The molecule has 0 aliphatic carbocycles. The number of nitrogens with one attached hydrogen (secondary N) is 2. The van der Waals surface area contributed by atoms with Crippen molar-refractivity contribution in [3.8, 4) is 0 Å². The molecule has 0 radical (unpaired) electrons. The van der Waals surface area contributed by atoms with Gasteiger partial charge >= 0.3 is 12.0 Å². The first kappa shape index (κ1) is 17.5. The maximum atomic E-state index is 12.5. The van der Waals surface area contributed by atoms with Crippen molar-refractivity contribution >= 4 is 29.5 Å². The molecule has 0 fully saturated rings. The third kappa shape index (κ3) is 3.37. The van der Waals surface area contributed by atoms with Gasteiger partial charge in [-0.15, -0.1) is 0 Å². The number of carbonyl (C=O) groups excluding carboxylic acids is 4.